The zero-order valence-electron chi connectivity index (χ0n) is 18.6. The van der Waals surface area contributed by atoms with E-state index >= 15 is 0 Å². The van der Waals surface area contributed by atoms with Gasteiger partial charge in [0.2, 0.25) is 11.9 Å². The van der Waals surface area contributed by atoms with Crippen molar-refractivity contribution in [3.05, 3.63) is 66.5 Å². The van der Waals surface area contributed by atoms with E-state index in [9.17, 15) is 4.79 Å². The first-order valence-corrected chi connectivity index (χ1v) is 10.9. The summed E-state index contributed by atoms with van der Waals surface area (Å²) in [6.45, 7) is 6.21. The molecule has 1 saturated heterocycles. The maximum atomic E-state index is 11.4. The molecule has 0 atom stereocenters. The molecule has 7 nitrogen and oxygen atoms in total. The predicted octanol–water partition coefficient (Wildman–Crippen LogP) is 3.60. The van der Waals surface area contributed by atoms with Gasteiger partial charge in [-0.15, -0.1) is 0 Å². The highest BCUT2D eigenvalue weighted by Gasteiger charge is 2.17. The van der Waals surface area contributed by atoms with E-state index in [4.69, 9.17) is 4.74 Å². The maximum absolute atomic E-state index is 11.4. The van der Waals surface area contributed by atoms with Crippen LogP contribution >= 0.6 is 0 Å². The second-order valence-corrected chi connectivity index (χ2v) is 7.94. The smallest absolute Gasteiger partial charge is 0.227 e. The van der Waals surface area contributed by atoms with Crippen LogP contribution in [0.2, 0.25) is 0 Å². The van der Waals surface area contributed by atoms with Crippen LogP contribution in [-0.4, -0.2) is 65.5 Å². The lowest BCUT2D eigenvalue weighted by molar-refractivity contribution is -0.130. The van der Waals surface area contributed by atoms with Crippen LogP contribution < -0.4 is 10.1 Å². The fraction of sp³-hybridized carbons (Fsp3) is 0.320. The number of rotatable bonds is 7. The summed E-state index contributed by atoms with van der Waals surface area (Å²) in [5.41, 5.74) is 4.25. The largest absolute Gasteiger partial charge is 0.497 e. The summed E-state index contributed by atoms with van der Waals surface area (Å²) in [7, 11) is 1.66. The molecule has 0 spiro atoms. The van der Waals surface area contributed by atoms with E-state index in [0.717, 1.165) is 61.7 Å². The summed E-state index contributed by atoms with van der Waals surface area (Å²) in [6.07, 6.45) is 4.63. The van der Waals surface area contributed by atoms with Crippen molar-refractivity contribution in [1.29, 1.82) is 0 Å². The van der Waals surface area contributed by atoms with E-state index in [0.29, 0.717) is 5.95 Å². The minimum Gasteiger partial charge on any atom is -0.497 e. The van der Waals surface area contributed by atoms with Gasteiger partial charge in [-0.05, 0) is 41.8 Å². The first-order chi connectivity index (χ1) is 15.6. The molecular weight excluding hydrogens is 402 g/mol. The summed E-state index contributed by atoms with van der Waals surface area (Å²) in [6, 6.07) is 16.2. The van der Waals surface area contributed by atoms with Gasteiger partial charge in [-0.2, -0.15) is 0 Å². The van der Waals surface area contributed by atoms with Crippen molar-refractivity contribution < 1.29 is 9.53 Å². The van der Waals surface area contributed by atoms with Crippen molar-refractivity contribution in [2.75, 3.05) is 45.2 Å². The van der Waals surface area contributed by atoms with Gasteiger partial charge in [0.1, 0.15) is 5.75 Å². The monoisotopic (exact) mass is 431 g/mol. The number of nitrogens with zero attached hydrogens (tertiary/aromatic N) is 4. The lowest BCUT2D eigenvalue weighted by Crippen LogP contribution is -2.48. The van der Waals surface area contributed by atoms with Crippen LogP contribution in [0.5, 0.6) is 5.75 Å². The van der Waals surface area contributed by atoms with Gasteiger partial charge >= 0.3 is 0 Å². The second-order valence-electron chi connectivity index (χ2n) is 7.94. The third-order valence-electron chi connectivity index (χ3n) is 5.82. The van der Waals surface area contributed by atoms with Gasteiger partial charge in [-0.25, -0.2) is 9.97 Å². The number of methoxy groups -OCH3 is 1. The molecule has 1 aliphatic heterocycles. The predicted molar refractivity (Wildman–Crippen MR) is 126 cm³/mol. The third-order valence-corrected chi connectivity index (χ3v) is 5.82. The van der Waals surface area contributed by atoms with Crippen LogP contribution in [0.15, 0.2) is 60.9 Å². The van der Waals surface area contributed by atoms with E-state index in [1.54, 1.807) is 14.0 Å². The molecule has 0 radical (unpaired) electrons. The lowest BCUT2D eigenvalue weighted by atomic mass is 10.1. The zero-order valence-corrected chi connectivity index (χ0v) is 18.6. The maximum Gasteiger partial charge on any atom is 0.227 e. The van der Waals surface area contributed by atoms with Crippen molar-refractivity contribution in [1.82, 2.24) is 19.8 Å². The molecule has 4 rings (SSSR count). The zero-order chi connectivity index (χ0) is 22.3. The van der Waals surface area contributed by atoms with Gasteiger partial charge in [0.15, 0.2) is 0 Å². The van der Waals surface area contributed by atoms with Crippen molar-refractivity contribution >= 4 is 17.5 Å². The number of piperazine rings is 1. The molecule has 1 N–H and O–H groups in total. The van der Waals surface area contributed by atoms with E-state index in [2.05, 4.69) is 44.5 Å². The minimum absolute atomic E-state index is 0.173. The molecule has 2 aromatic carbocycles. The highest BCUT2D eigenvalue weighted by Crippen LogP contribution is 2.22. The number of carbonyl (C=O) groups is 1. The number of nitrogens with one attached hydrogen (secondary N) is 1. The third kappa shape index (κ3) is 5.62. The standard InChI is InChI=1S/C25H29N5O2/c1-19(31)30-15-13-29(14-16-30)12-11-20-3-7-23(8-4-20)28-25-26-17-22(18-27-25)21-5-9-24(32-2)10-6-21/h3-10,17-18H,11-16H2,1-2H3,(H,26,27,28). The Kier molecular flexibility index (Phi) is 6.97. The van der Waals surface area contributed by atoms with Crippen molar-refractivity contribution in [3.63, 3.8) is 0 Å². The minimum atomic E-state index is 0.173. The summed E-state index contributed by atoms with van der Waals surface area (Å²) in [5, 5.41) is 3.26. The number of benzene rings is 2. The first-order valence-electron chi connectivity index (χ1n) is 10.9. The highest BCUT2D eigenvalue weighted by atomic mass is 16.5. The molecule has 0 unspecified atom stereocenters. The van der Waals surface area contributed by atoms with Gasteiger partial charge in [0, 0.05) is 63.3 Å². The number of hydrogen-bond acceptors (Lipinski definition) is 6. The molecule has 166 valence electrons. The van der Waals surface area contributed by atoms with Crippen LogP contribution in [0, 0.1) is 0 Å². The molecule has 1 amide bonds. The average molecular weight is 432 g/mol. The molecule has 0 bridgehead atoms. The number of hydrogen-bond donors (Lipinski definition) is 1. The summed E-state index contributed by atoms with van der Waals surface area (Å²) in [4.78, 5) is 24.7. The van der Waals surface area contributed by atoms with Crippen molar-refractivity contribution in [3.8, 4) is 16.9 Å². The highest BCUT2D eigenvalue weighted by molar-refractivity contribution is 5.73. The molecule has 1 fully saturated rings. The van der Waals surface area contributed by atoms with E-state index in [1.807, 2.05) is 41.6 Å². The van der Waals surface area contributed by atoms with E-state index < -0.39 is 0 Å². The van der Waals surface area contributed by atoms with Gasteiger partial charge in [0.25, 0.3) is 0 Å². The Hall–Kier alpha value is -3.45. The Morgan fingerprint density at radius 1 is 0.938 bits per heavy atom. The van der Waals surface area contributed by atoms with Crippen LogP contribution in [0.3, 0.4) is 0 Å². The summed E-state index contributed by atoms with van der Waals surface area (Å²) < 4.78 is 5.20. The molecule has 2 heterocycles. The quantitative estimate of drug-likeness (QED) is 0.616. The topological polar surface area (TPSA) is 70.6 Å². The second kappa shape index (κ2) is 10.2. The fourth-order valence-electron chi connectivity index (χ4n) is 3.78. The molecular formula is C25H29N5O2. The lowest BCUT2D eigenvalue weighted by Gasteiger charge is -2.34. The Balaban J connectivity index is 1.27. The number of carbonyl (C=O) groups excluding carboxylic acids is 1. The SMILES string of the molecule is COc1ccc(-c2cnc(Nc3ccc(CCN4CCN(C(C)=O)CC4)cc3)nc2)cc1. The summed E-state index contributed by atoms with van der Waals surface area (Å²) >= 11 is 0. The first kappa shape index (κ1) is 21.8. The number of amides is 1. The number of ether oxygens (including phenoxy) is 1. The fourth-order valence-corrected chi connectivity index (χ4v) is 3.78. The van der Waals surface area contributed by atoms with E-state index in [-0.39, 0.29) is 5.91 Å². The molecule has 1 aliphatic rings. The Morgan fingerprint density at radius 2 is 1.59 bits per heavy atom. The molecule has 32 heavy (non-hydrogen) atoms. The van der Waals surface area contributed by atoms with Crippen LogP contribution in [0.25, 0.3) is 11.1 Å². The van der Waals surface area contributed by atoms with Crippen LogP contribution in [-0.2, 0) is 11.2 Å². The molecule has 1 aromatic heterocycles. The van der Waals surface area contributed by atoms with Crippen molar-refractivity contribution in [2.45, 2.75) is 13.3 Å². The van der Waals surface area contributed by atoms with E-state index in [1.165, 1.54) is 5.56 Å². The Bertz CT molecular complexity index is 1010. The Morgan fingerprint density at radius 3 is 2.19 bits per heavy atom. The Labute approximate surface area is 189 Å². The molecule has 7 heteroatoms. The number of aromatic nitrogens is 2. The van der Waals surface area contributed by atoms with Gasteiger partial charge in [-0.1, -0.05) is 24.3 Å². The number of anilines is 2. The summed E-state index contributed by atoms with van der Waals surface area (Å²) in [5.74, 6) is 1.57. The van der Waals surface area contributed by atoms with Crippen LogP contribution in [0.1, 0.15) is 12.5 Å². The normalized spacial score (nSPS) is 14.2. The van der Waals surface area contributed by atoms with Crippen molar-refractivity contribution in [2.24, 2.45) is 0 Å². The molecule has 0 saturated carbocycles. The van der Waals surface area contributed by atoms with Gasteiger partial charge < -0.3 is 15.0 Å². The van der Waals surface area contributed by atoms with Gasteiger partial charge in [-0.3, -0.25) is 9.69 Å². The molecule has 0 aliphatic carbocycles. The van der Waals surface area contributed by atoms with Crippen LogP contribution in [0.4, 0.5) is 11.6 Å². The molecule has 3 aromatic rings. The average Bonchev–Trinajstić information content (AvgIpc) is 2.84. The van der Waals surface area contributed by atoms with Gasteiger partial charge in [0.05, 0.1) is 7.11 Å².